The van der Waals surface area contributed by atoms with Gasteiger partial charge in [0, 0.05) is 50.2 Å². The largest absolute Gasteiger partial charge is 0.391 e. The first kappa shape index (κ1) is 26.7. The Morgan fingerprint density at radius 2 is 1.94 bits per heavy atom. The van der Waals surface area contributed by atoms with E-state index in [1.165, 1.54) is 6.07 Å². The number of hydrogen-bond acceptors (Lipinski definition) is 5. The maximum absolute atomic E-state index is 15.3. The van der Waals surface area contributed by atoms with Crippen LogP contribution in [0.4, 0.5) is 4.39 Å². The van der Waals surface area contributed by atoms with E-state index >= 15 is 4.39 Å². The zero-order valence-corrected chi connectivity index (χ0v) is 21.1. The normalized spacial score (nSPS) is 26.1. The van der Waals surface area contributed by atoms with Crippen LogP contribution < -0.4 is 5.73 Å². The predicted octanol–water partition coefficient (Wildman–Crippen LogP) is 3.83. The summed E-state index contributed by atoms with van der Waals surface area (Å²) in [7, 11) is 1.66. The molecule has 2 aromatic rings. The molecule has 5 atom stereocenters. The van der Waals surface area contributed by atoms with Crippen molar-refractivity contribution in [2.24, 2.45) is 17.6 Å². The maximum Gasteiger partial charge on any atom is 0.225 e. The average molecular weight is 499 g/mol. The Hall–Kier alpha value is -2.32. The summed E-state index contributed by atoms with van der Waals surface area (Å²) in [6.45, 7) is 1.60. The summed E-state index contributed by atoms with van der Waals surface area (Å²) in [5.74, 6) is -0.915. The number of nitrogens with two attached hydrogens (primary N) is 1. The van der Waals surface area contributed by atoms with Crippen LogP contribution in [-0.2, 0) is 15.1 Å². The number of unbranched alkanes of at least 4 members (excludes halogenated alkanes) is 1. The lowest BCUT2D eigenvalue weighted by Crippen LogP contribution is -2.49. The number of rotatable bonds is 9. The van der Waals surface area contributed by atoms with E-state index in [-0.39, 0.29) is 29.6 Å². The predicted molar refractivity (Wildman–Crippen MR) is 137 cm³/mol. The molecule has 6 nitrogen and oxygen atoms in total. The number of nitrogens with zero attached hydrogens (tertiary/aromatic N) is 1. The fourth-order valence-corrected chi connectivity index (χ4v) is 6.06. The Morgan fingerprint density at radius 1 is 1.17 bits per heavy atom. The molecule has 2 aliphatic rings. The van der Waals surface area contributed by atoms with E-state index in [1.807, 2.05) is 41.3 Å². The Balaban J connectivity index is 1.66. The molecule has 4 N–H and O–H groups in total. The van der Waals surface area contributed by atoms with Gasteiger partial charge in [-0.15, -0.1) is 0 Å². The molecule has 1 amide bonds. The van der Waals surface area contributed by atoms with E-state index in [1.54, 1.807) is 13.2 Å². The van der Waals surface area contributed by atoms with Crippen molar-refractivity contribution in [1.29, 1.82) is 0 Å². The van der Waals surface area contributed by atoms with Gasteiger partial charge in [-0.3, -0.25) is 4.79 Å². The smallest absolute Gasteiger partial charge is 0.225 e. The van der Waals surface area contributed by atoms with Gasteiger partial charge in [0.15, 0.2) is 0 Å². The molecule has 2 aromatic carbocycles. The highest BCUT2D eigenvalue weighted by Gasteiger charge is 2.44. The van der Waals surface area contributed by atoms with Gasteiger partial charge in [-0.1, -0.05) is 42.5 Å². The van der Waals surface area contributed by atoms with Crippen LogP contribution in [0.1, 0.15) is 50.5 Å². The van der Waals surface area contributed by atoms with Gasteiger partial charge in [0.25, 0.3) is 0 Å². The van der Waals surface area contributed by atoms with Crippen molar-refractivity contribution in [1.82, 2.24) is 4.90 Å². The molecule has 1 saturated heterocycles. The standard InChI is InChI=1S/C29H39FN2O4/c1-36-16-6-5-14-29(35,23-12-7-13-24(30)27(23)20-9-3-2-4-10-20)22-11-8-15-32(19-22)28(34)21-17-25(31)26(33)18-21/h2-4,7,9-10,12-13,21-22,25-26,33,35H,5-6,8,11,14-19,31H2,1H3/t21-,22?,25+,26-,29-/m0/s1. The van der Waals surface area contributed by atoms with Crippen LogP contribution in [0.5, 0.6) is 0 Å². The molecule has 0 bridgehead atoms. The van der Waals surface area contributed by atoms with Crippen molar-refractivity contribution in [2.75, 3.05) is 26.8 Å². The van der Waals surface area contributed by atoms with E-state index in [2.05, 4.69) is 0 Å². The number of halogens is 1. The Morgan fingerprint density at radius 3 is 2.64 bits per heavy atom. The minimum Gasteiger partial charge on any atom is -0.391 e. The first-order chi connectivity index (χ1) is 17.3. The second-order valence-corrected chi connectivity index (χ2v) is 10.4. The second kappa shape index (κ2) is 11.8. The number of benzene rings is 2. The van der Waals surface area contributed by atoms with E-state index in [9.17, 15) is 15.0 Å². The summed E-state index contributed by atoms with van der Waals surface area (Å²) in [6, 6.07) is 13.9. The maximum atomic E-state index is 15.3. The molecule has 1 heterocycles. The lowest BCUT2D eigenvalue weighted by molar-refractivity contribution is -0.141. The second-order valence-electron chi connectivity index (χ2n) is 10.4. The van der Waals surface area contributed by atoms with Gasteiger partial charge >= 0.3 is 0 Å². The quantitative estimate of drug-likeness (QED) is 0.457. The van der Waals surface area contributed by atoms with Crippen molar-refractivity contribution in [3.8, 4) is 11.1 Å². The number of methoxy groups -OCH3 is 1. The molecular weight excluding hydrogens is 459 g/mol. The number of ether oxygens (including phenoxy) is 1. The van der Waals surface area contributed by atoms with Gasteiger partial charge < -0.3 is 25.6 Å². The van der Waals surface area contributed by atoms with Crippen molar-refractivity contribution >= 4 is 5.91 Å². The highest BCUT2D eigenvalue weighted by atomic mass is 19.1. The lowest BCUT2D eigenvalue weighted by atomic mass is 9.72. The average Bonchev–Trinajstić information content (AvgIpc) is 3.24. The minimum absolute atomic E-state index is 0.00374. The zero-order chi connectivity index (χ0) is 25.7. The number of aliphatic hydroxyl groups excluding tert-OH is 1. The van der Waals surface area contributed by atoms with Crippen molar-refractivity contribution in [3.05, 3.63) is 59.9 Å². The molecule has 0 radical (unpaired) electrons. The first-order valence-corrected chi connectivity index (χ1v) is 13.1. The molecule has 1 aliphatic heterocycles. The van der Waals surface area contributed by atoms with Gasteiger partial charge in [-0.05, 0) is 62.1 Å². The highest BCUT2D eigenvalue weighted by Crippen LogP contribution is 2.44. The van der Waals surface area contributed by atoms with E-state index in [0.29, 0.717) is 56.5 Å². The van der Waals surface area contributed by atoms with E-state index < -0.39 is 11.7 Å². The molecule has 0 spiro atoms. The summed E-state index contributed by atoms with van der Waals surface area (Å²) >= 11 is 0. The SMILES string of the molecule is COCCCC[C@@](O)(c1cccc(F)c1-c1ccccc1)C1CCCN(C(=O)[C@H]2C[C@@H](N)[C@@H](O)C2)C1. The van der Waals surface area contributed by atoms with Crippen LogP contribution in [-0.4, -0.2) is 60.0 Å². The van der Waals surface area contributed by atoms with Crippen LogP contribution in [0.2, 0.25) is 0 Å². The summed E-state index contributed by atoms with van der Waals surface area (Å²) in [4.78, 5) is 15.2. The van der Waals surface area contributed by atoms with Gasteiger partial charge in [0.05, 0.1) is 11.7 Å². The van der Waals surface area contributed by atoms with Crippen LogP contribution in [0.15, 0.2) is 48.5 Å². The number of carbonyl (C=O) groups excluding carboxylic acids is 1. The van der Waals surface area contributed by atoms with Crippen molar-refractivity contribution < 1.29 is 24.1 Å². The van der Waals surface area contributed by atoms with Gasteiger partial charge in [-0.25, -0.2) is 4.39 Å². The van der Waals surface area contributed by atoms with Crippen LogP contribution in [0, 0.1) is 17.7 Å². The number of likely N-dealkylation sites (tertiary alicyclic amines) is 1. The monoisotopic (exact) mass is 498 g/mol. The molecular formula is C29H39FN2O4. The molecule has 196 valence electrons. The van der Waals surface area contributed by atoms with Gasteiger partial charge in [0.2, 0.25) is 5.91 Å². The number of amides is 1. The molecule has 1 aliphatic carbocycles. The number of carbonyl (C=O) groups is 1. The summed E-state index contributed by atoms with van der Waals surface area (Å²) in [6.07, 6.45) is 3.63. The summed E-state index contributed by atoms with van der Waals surface area (Å²) in [5.41, 5.74) is 6.36. The number of aliphatic hydroxyl groups is 2. The van der Waals surface area contributed by atoms with Crippen molar-refractivity contribution in [3.63, 3.8) is 0 Å². The summed E-state index contributed by atoms with van der Waals surface area (Å²) < 4.78 is 20.5. The first-order valence-electron chi connectivity index (χ1n) is 13.1. The minimum atomic E-state index is -1.31. The Labute approximate surface area is 213 Å². The molecule has 2 fully saturated rings. The van der Waals surface area contributed by atoms with Gasteiger partial charge in [0.1, 0.15) is 5.82 Å². The zero-order valence-electron chi connectivity index (χ0n) is 21.1. The molecule has 36 heavy (non-hydrogen) atoms. The lowest BCUT2D eigenvalue weighted by Gasteiger charge is -2.44. The van der Waals surface area contributed by atoms with Crippen LogP contribution in [0.3, 0.4) is 0 Å². The molecule has 1 saturated carbocycles. The number of hydrogen-bond donors (Lipinski definition) is 3. The van der Waals surface area contributed by atoms with E-state index in [0.717, 1.165) is 24.8 Å². The molecule has 0 aromatic heterocycles. The van der Waals surface area contributed by atoms with Crippen LogP contribution in [0.25, 0.3) is 11.1 Å². The molecule has 1 unspecified atom stereocenters. The topological polar surface area (TPSA) is 96.0 Å². The third-order valence-electron chi connectivity index (χ3n) is 8.03. The third kappa shape index (κ3) is 5.65. The number of piperidine rings is 1. The Bertz CT molecular complexity index is 1010. The van der Waals surface area contributed by atoms with Crippen LogP contribution >= 0.6 is 0 Å². The van der Waals surface area contributed by atoms with Gasteiger partial charge in [-0.2, -0.15) is 0 Å². The highest BCUT2D eigenvalue weighted by molar-refractivity contribution is 5.79. The fraction of sp³-hybridized carbons (Fsp3) is 0.552. The third-order valence-corrected chi connectivity index (χ3v) is 8.03. The fourth-order valence-electron chi connectivity index (χ4n) is 6.06. The summed E-state index contributed by atoms with van der Waals surface area (Å²) in [5, 5.41) is 22.5. The molecule has 7 heteroatoms. The Kier molecular flexibility index (Phi) is 8.78. The van der Waals surface area contributed by atoms with Crippen molar-refractivity contribution in [2.45, 2.75) is 62.7 Å². The molecule has 4 rings (SSSR count). The van der Waals surface area contributed by atoms with E-state index in [4.69, 9.17) is 10.5 Å².